The molecule has 3 aliphatic heterocycles. The number of carbonyl (C=O) groups is 5. The summed E-state index contributed by atoms with van der Waals surface area (Å²) in [6, 6.07) is 1.64. The van der Waals surface area contributed by atoms with Crippen LogP contribution in [0.1, 0.15) is 83.3 Å². The minimum Gasteiger partial charge on any atom is -0.479 e. The minimum absolute atomic E-state index is 0.0429. The Morgan fingerprint density at radius 2 is 1.83 bits per heavy atom. The van der Waals surface area contributed by atoms with E-state index in [9.17, 15) is 42.3 Å². The summed E-state index contributed by atoms with van der Waals surface area (Å²) >= 11 is 0. The largest absolute Gasteiger partial charge is 0.479 e. The molecule has 47 heavy (non-hydrogen) atoms. The van der Waals surface area contributed by atoms with Crippen LogP contribution in [-0.2, 0) is 36.9 Å². The summed E-state index contributed by atoms with van der Waals surface area (Å²) < 4.78 is 55.2. The van der Waals surface area contributed by atoms with E-state index in [1.807, 2.05) is 0 Å². The monoisotopic (exact) mass is 666 g/mol. The number of carbonyl (C=O) groups excluding carboxylic acids is 4. The zero-order chi connectivity index (χ0) is 34.3. The number of hydrogen-bond donors (Lipinski definition) is 3. The smallest absolute Gasteiger partial charge is 0.410 e. The zero-order valence-corrected chi connectivity index (χ0v) is 26.7. The van der Waals surface area contributed by atoms with E-state index in [4.69, 9.17) is 9.47 Å². The Labute approximate surface area is 270 Å². The number of carboxylic acid groups (broad SMARTS) is 1. The van der Waals surface area contributed by atoms with Crippen LogP contribution in [0, 0.1) is 11.7 Å². The number of rotatable bonds is 3. The molecule has 5 atom stereocenters. The summed E-state index contributed by atoms with van der Waals surface area (Å²) in [5.74, 6) is -7.06. The van der Waals surface area contributed by atoms with E-state index in [1.54, 1.807) is 26.8 Å². The molecule has 3 heterocycles. The number of alkyl carbamates (subject to hydrolysis) is 1. The number of ether oxygens (including phenoxy) is 2. The van der Waals surface area contributed by atoms with E-state index >= 15 is 0 Å². The number of nitrogens with one attached hydrogen (secondary N) is 2. The molecule has 1 aliphatic carbocycles. The summed E-state index contributed by atoms with van der Waals surface area (Å²) in [6.07, 6.45) is -3.94. The molecule has 1 aromatic carbocycles. The van der Waals surface area contributed by atoms with Crippen molar-refractivity contribution in [2.24, 2.45) is 5.92 Å². The molecule has 2 saturated heterocycles. The predicted molar refractivity (Wildman–Crippen MR) is 158 cm³/mol. The van der Waals surface area contributed by atoms with Gasteiger partial charge in [-0.15, -0.1) is 0 Å². The van der Waals surface area contributed by atoms with Gasteiger partial charge >= 0.3 is 18.2 Å². The number of benzene rings is 1. The van der Waals surface area contributed by atoms with E-state index in [0.717, 1.165) is 4.90 Å². The van der Waals surface area contributed by atoms with Crippen LogP contribution < -0.4 is 10.6 Å². The molecule has 0 unspecified atom stereocenters. The average Bonchev–Trinajstić information content (AvgIpc) is 3.28. The summed E-state index contributed by atoms with van der Waals surface area (Å²) in [6.45, 7) is 4.49. The van der Waals surface area contributed by atoms with Crippen LogP contribution in [-0.4, -0.2) is 86.7 Å². The second kappa shape index (κ2) is 12.9. The Bertz CT molecular complexity index is 1440. The maximum atomic E-state index is 15.0. The Hall–Kier alpha value is -4.04. The molecule has 4 amide bonds. The van der Waals surface area contributed by atoms with E-state index in [-0.39, 0.29) is 38.9 Å². The van der Waals surface area contributed by atoms with Crippen molar-refractivity contribution < 1.29 is 51.7 Å². The van der Waals surface area contributed by atoms with Crippen molar-refractivity contribution >= 4 is 30.0 Å². The number of amides is 4. The normalized spacial score (nSPS) is 29.3. The molecule has 0 aromatic heterocycles. The highest BCUT2D eigenvalue weighted by atomic mass is 19.3. The standard InChI is InChI=1S/C32H41F3N4O8/c1-30(2,3)47-28(44)36-23-10-12-31(34,35)11-5-4-8-19-14-32(19,27(42)43)37-25(40)24-13-20(16-39(24)26(23)41)46-29(45)38-15-18-7-6-9-22(33)21(18)17-38/h6-7,9,19-20,23-24H,4-5,8,10-17H2,1-3H3,(H,36,44)(H,37,40)(H,42,43)/t19-,20-,23+,24+,32-/m1/s1. The van der Waals surface area contributed by atoms with Crippen LogP contribution in [0.25, 0.3) is 0 Å². The summed E-state index contributed by atoms with van der Waals surface area (Å²) in [5.41, 5.74) is -1.61. The molecule has 3 N–H and O–H groups in total. The van der Waals surface area contributed by atoms with Gasteiger partial charge in [-0.25, -0.2) is 27.6 Å². The second-order valence-corrected chi connectivity index (χ2v) is 14.0. The van der Waals surface area contributed by atoms with Gasteiger partial charge in [-0.3, -0.25) is 14.5 Å². The van der Waals surface area contributed by atoms with Gasteiger partial charge in [-0.1, -0.05) is 18.6 Å². The van der Waals surface area contributed by atoms with Gasteiger partial charge in [0.25, 0.3) is 0 Å². The number of alkyl halides is 2. The van der Waals surface area contributed by atoms with Crippen LogP contribution in [0.5, 0.6) is 0 Å². The topological polar surface area (TPSA) is 155 Å². The van der Waals surface area contributed by atoms with Crippen LogP contribution >= 0.6 is 0 Å². The third kappa shape index (κ3) is 7.75. The fraction of sp³-hybridized carbons (Fsp3) is 0.656. The van der Waals surface area contributed by atoms with Crippen LogP contribution in [0.3, 0.4) is 0 Å². The fourth-order valence-electron chi connectivity index (χ4n) is 6.71. The van der Waals surface area contributed by atoms with Crippen LogP contribution in [0.15, 0.2) is 18.2 Å². The van der Waals surface area contributed by atoms with E-state index < -0.39 is 96.2 Å². The number of aliphatic carboxylic acids is 1. The molecule has 4 aliphatic rings. The lowest BCUT2D eigenvalue weighted by atomic mass is 10.00. The Morgan fingerprint density at radius 1 is 1.09 bits per heavy atom. The van der Waals surface area contributed by atoms with E-state index in [2.05, 4.69) is 10.6 Å². The van der Waals surface area contributed by atoms with Gasteiger partial charge in [0.2, 0.25) is 17.7 Å². The van der Waals surface area contributed by atoms with E-state index in [1.165, 1.54) is 17.0 Å². The van der Waals surface area contributed by atoms with Gasteiger partial charge in [0.15, 0.2) is 0 Å². The highest BCUT2D eigenvalue weighted by molar-refractivity contribution is 5.96. The molecule has 0 radical (unpaired) electrons. The van der Waals surface area contributed by atoms with Crippen molar-refractivity contribution in [1.29, 1.82) is 0 Å². The second-order valence-electron chi connectivity index (χ2n) is 14.0. The maximum Gasteiger partial charge on any atom is 0.410 e. The predicted octanol–water partition coefficient (Wildman–Crippen LogP) is 4.09. The van der Waals surface area contributed by atoms with Crippen LogP contribution in [0.4, 0.5) is 22.8 Å². The van der Waals surface area contributed by atoms with Crippen molar-refractivity contribution in [2.45, 2.75) is 120 Å². The average molecular weight is 667 g/mol. The van der Waals surface area contributed by atoms with Crippen molar-refractivity contribution in [3.63, 3.8) is 0 Å². The zero-order valence-electron chi connectivity index (χ0n) is 26.7. The number of nitrogens with zero attached hydrogens (tertiary/aromatic N) is 2. The van der Waals surface area contributed by atoms with Gasteiger partial charge in [0.1, 0.15) is 35.1 Å². The molecule has 3 fully saturated rings. The lowest BCUT2D eigenvalue weighted by molar-refractivity contribution is -0.146. The van der Waals surface area contributed by atoms with Gasteiger partial charge in [0.05, 0.1) is 13.1 Å². The summed E-state index contributed by atoms with van der Waals surface area (Å²) in [7, 11) is 0. The summed E-state index contributed by atoms with van der Waals surface area (Å²) in [5, 5.41) is 15.0. The quantitative estimate of drug-likeness (QED) is 0.436. The maximum absolute atomic E-state index is 15.0. The number of hydrogen-bond acceptors (Lipinski definition) is 7. The first kappa shape index (κ1) is 34.3. The number of carboxylic acids is 1. The van der Waals surface area contributed by atoms with Crippen molar-refractivity contribution in [2.75, 3.05) is 6.54 Å². The number of fused-ring (bicyclic) bond motifs is 3. The van der Waals surface area contributed by atoms with Crippen molar-refractivity contribution in [1.82, 2.24) is 20.4 Å². The SMILES string of the molecule is CC(C)(C)OC(=O)N[C@H]1CCC(F)(F)CCCC[C@@H]2C[C@@]2(C(=O)O)NC(=O)[C@@H]2C[C@@H](OC(=O)N3Cc4cccc(F)c4C3)CN2C1=O. The lowest BCUT2D eigenvalue weighted by Gasteiger charge is -2.30. The fourth-order valence-corrected chi connectivity index (χ4v) is 6.71. The Morgan fingerprint density at radius 3 is 2.51 bits per heavy atom. The molecular weight excluding hydrogens is 625 g/mol. The third-order valence-electron chi connectivity index (χ3n) is 9.27. The van der Waals surface area contributed by atoms with Gasteiger partial charge in [0, 0.05) is 31.4 Å². The van der Waals surface area contributed by atoms with Gasteiger partial charge < -0.3 is 30.1 Å². The summed E-state index contributed by atoms with van der Waals surface area (Å²) in [4.78, 5) is 68.2. The minimum atomic E-state index is -3.18. The highest BCUT2D eigenvalue weighted by Gasteiger charge is 2.62. The Kier molecular flexibility index (Phi) is 9.39. The van der Waals surface area contributed by atoms with Crippen LogP contribution in [0.2, 0.25) is 0 Å². The first-order valence-electron chi connectivity index (χ1n) is 15.9. The molecule has 0 bridgehead atoms. The highest BCUT2D eigenvalue weighted by Crippen LogP contribution is 2.48. The molecule has 1 aromatic rings. The molecule has 0 spiro atoms. The Balaban J connectivity index is 1.40. The van der Waals surface area contributed by atoms with Gasteiger partial charge in [-0.2, -0.15) is 0 Å². The number of halogens is 3. The molecule has 12 nitrogen and oxygen atoms in total. The third-order valence-corrected chi connectivity index (χ3v) is 9.27. The van der Waals surface area contributed by atoms with Crippen molar-refractivity contribution in [3.05, 3.63) is 35.1 Å². The molecule has 15 heteroatoms. The van der Waals surface area contributed by atoms with E-state index in [0.29, 0.717) is 24.0 Å². The molecule has 5 rings (SSSR count). The first-order chi connectivity index (χ1) is 22.0. The molecule has 1 saturated carbocycles. The van der Waals surface area contributed by atoms with Gasteiger partial charge in [-0.05, 0) is 64.0 Å². The lowest BCUT2D eigenvalue weighted by Crippen LogP contribution is -2.56. The molecular formula is C32H41F3N4O8. The first-order valence-corrected chi connectivity index (χ1v) is 15.9. The molecule has 258 valence electrons. The van der Waals surface area contributed by atoms with Crippen molar-refractivity contribution in [3.8, 4) is 0 Å².